The Labute approximate surface area is 91.4 Å². The normalized spacial score (nSPS) is 30.1. The lowest BCUT2D eigenvalue weighted by Crippen LogP contribution is -2.51. The quantitative estimate of drug-likeness (QED) is 0.709. The van der Waals surface area contributed by atoms with E-state index < -0.39 is 0 Å². The molecule has 3 rings (SSSR count). The third-order valence-electron chi connectivity index (χ3n) is 3.40. The molecule has 4 nitrogen and oxygen atoms in total. The highest BCUT2D eigenvalue weighted by Crippen LogP contribution is 2.24. The number of fused-ring (bicyclic) bond motifs is 4. The lowest BCUT2D eigenvalue weighted by Gasteiger charge is -2.36. The Bertz CT molecular complexity index is 228. The van der Waals surface area contributed by atoms with Crippen molar-refractivity contribution in [2.45, 2.75) is 32.2 Å². The summed E-state index contributed by atoms with van der Waals surface area (Å²) in [5.41, 5.74) is 0. The van der Waals surface area contributed by atoms with Crippen LogP contribution in [-0.2, 0) is 0 Å². The molecule has 0 spiro atoms. The molecule has 0 radical (unpaired) electrons. The van der Waals surface area contributed by atoms with Gasteiger partial charge in [-0.2, -0.15) is 0 Å². The molecule has 2 N–H and O–H groups in total. The van der Waals surface area contributed by atoms with Crippen LogP contribution in [-0.4, -0.2) is 43.2 Å². The summed E-state index contributed by atoms with van der Waals surface area (Å²) in [5, 5.41) is 6.40. The van der Waals surface area contributed by atoms with Crippen LogP contribution < -0.4 is 10.6 Å². The second-order valence-corrected chi connectivity index (χ2v) is 4.64. The monoisotopic (exact) mass is 211 g/mol. The highest BCUT2D eigenvalue weighted by Gasteiger charge is 2.33. The zero-order valence-electron chi connectivity index (χ0n) is 9.46. The fraction of sp³-hybridized carbons (Fsp3) is 0.909. The van der Waals surface area contributed by atoms with E-state index in [4.69, 9.17) is 0 Å². The van der Waals surface area contributed by atoms with Gasteiger partial charge in [0.05, 0.1) is 0 Å². The number of nitrogens with one attached hydrogen (secondary N) is 2. The van der Waals surface area contributed by atoms with Crippen LogP contribution in [0.5, 0.6) is 0 Å². The minimum atomic E-state index is 0.134. The Kier molecular flexibility index (Phi) is 3.46. The van der Waals surface area contributed by atoms with Crippen molar-refractivity contribution in [2.75, 3.05) is 26.2 Å². The molecule has 0 aliphatic carbocycles. The maximum absolute atomic E-state index is 11.9. The van der Waals surface area contributed by atoms with E-state index >= 15 is 0 Å². The van der Waals surface area contributed by atoms with Gasteiger partial charge in [-0.1, -0.05) is 6.92 Å². The number of urea groups is 1. The van der Waals surface area contributed by atoms with Gasteiger partial charge in [0.1, 0.15) is 0 Å². The standard InChI is InChI=1S/C11H21N3O/c1-2-5-13-11(15)14-8-9-3-4-10(14)7-12-6-9/h9-10,12H,2-8H2,1H3,(H,13,15). The van der Waals surface area contributed by atoms with Crippen molar-refractivity contribution in [3.8, 4) is 0 Å². The van der Waals surface area contributed by atoms with E-state index in [-0.39, 0.29) is 6.03 Å². The SMILES string of the molecule is CCCNC(=O)N1CC2CCC1CNC2. The van der Waals surface area contributed by atoms with Crippen molar-refractivity contribution in [2.24, 2.45) is 5.92 Å². The van der Waals surface area contributed by atoms with E-state index in [0.717, 1.165) is 39.0 Å². The predicted octanol–water partition coefficient (Wildman–Crippen LogP) is 0.790. The lowest BCUT2D eigenvalue weighted by molar-refractivity contribution is 0.142. The third kappa shape index (κ3) is 2.43. The van der Waals surface area contributed by atoms with Crippen molar-refractivity contribution < 1.29 is 4.79 Å². The van der Waals surface area contributed by atoms with Crippen LogP contribution in [0.1, 0.15) is 26.2 Å². The van der Waals surface area contributed by atoms with Crippen LogP contribution >= 0.6 is 0 Å². The molecule has 4 heteroatoms. The Hall–Kier alpha value is -0.770. The smallest absolute Gasteiger partial charge is 0.317 e. The molecule has 2 atom stereocenters. The summed E-state index contributed by atoms with van der Waals surface area (Å²) in [5.74, 6) is 0.663. The van der Waals surface area contributed by atoms with Crippen LogP contribution in [0.3, 0.4) is 0 Å². The average molecular weight is 211 g/mol. The zero-order valence-corrected chi connectivity index (χ0v) is 9.46. The molecule has 0 aromatic carbocycles. The number of nitrogens with zero attached hydrogens (tertiary/aromatic N) is 1. The van der Waals surface area contributed by atoms with E-state index in [0.29, 0.717) is 12.0 Å². The Morgan fingerprint density at radius 3 is 3.13 bits per heavy atom. The van der Waals surface area contributed by atoms with E-state index in [1.807, 2.05) is 4.90 Å². The van der Waals surface area contributed by atoms with E-state index in [9.17, 15) is 4.79 Å². The van der Waals surface area contributed by atoms with E-state index in [2.05, 4.69) is 17.6 Å². The molecule has 2 unspecified atom stereocenters. The molecule has 0 aromatic rings. The molecule has 86 valence electrons. The minimum Gasteiger partial charge on any atom is -0.338 e. The third-order valence-corrected chi connectivity index (χ3v) is 3.40. The van der Waals surface area contributed by atoms with Gasteiger partial charge >= 0.3 is 6.03 Å². The van der Waals surface area contributed by atoms with Gasteiger partial charge in [0.2, 0.25) is 0 Å². The molecule has 3 saturated heterocycles. The first-order valence-corrected chi connectivity index (χ1v) is 6.06. The summed E-state index contributed by atoms with van der Waals surface area (Å²) in [6, 6.07) is 0.552. The fourth-order valence-electron chi connectivity index (χ4n) is 2.52. The van der Waals surface area contributed by atoms with Crippen molar-refractivity contribution in [1.82, 2.24) is 15.5 Å². The van der Waals surface area contributed by atoms with Crippen molar-refractivity contribution in [3.63, 3.8) is 0 Å². The van der Waals surface area contributed by atoms with Crippen molar-refractivity contribution in [3.05, 3.63) is 0 Å². The highest BCUT2D eigenvalue weighted by atomic mass is 16.2. The molecule has 3 fully saturated rings. The van der Waals surface area contributed by atoms with Gasteiger partial charge in [-0.05, 0) is 31.7 Å². The Balaban J connectivity index is 1.93. The molecule has 0 aromatic heterocycles. The second-order valence-electron chi connectivity index (χ2n) is 4.64. The summed E-state index contributed by atoms with van der Waals surface area (Å²) in [6.07, 6.45) is 3.44. The minimum absolute atomic E-state index is 0.134. The lowest BCUT2D eigenvalue weighted by atomic mass is 9.95. The summed E-state index contributed by atoms with van der Waals surface area (Å²) >= 11 is 0. The highest BCUT2D eigenvalue weighted by molar-refractivity contribution is 5.74. The van der Waals surface area contributed by atoms with Gasteiger partial charge in [-0.3, -0.25) is 0 Å². The molecule has 3 aliphatic heterocycles. The second kappa shape index (κ2) is 4.84. The maximum atomic E-state index is 11.9. The van der Waals surface area contributed by atoms with Gasteiger partial charge in [0, 0.05) is 25.7 Å². The van der Waals surface area contributed by atoms with Crippen molar-refractivity contribution in [1.29, 1.82) is 0 Å². The number of amides is 2. The molecular formula is C11H21N3O. The summed E-state index contributed by atoms with van der Waals surface area (Å²) in [6.45, 7) is 5.86. The first-order valence-electron chi connectivity index (χ1n) is 6.06. The van der Waals surface area contributed by atoms with Gasteiger partial charge in [-0.15, -0.1) is 0 Å². The summed E-state index contributed by atoms with van der Waals surface area (Å²) in [7, 11) is 0. The van der Waals surface area contributed by atoms with Crippen LogP contribution in [0.15, 0.2) is 0 Å². The van der Waals surface area contributed by atoms with E-state index in [1.54, 1.807) is 0 Å². The molecule has 3 aliphatic rings. The van der Waals surface area contributed by atoms with Crippen LogP contribution in [0.2, 0.25) is 0 Å². The number of hydrogen-bond donors (Lipinski definition) is 2. The molecule has 15 heavy (non-hydrogen) atoms. The van der Waals surface area contributed by atoms with Crippen molar-refractivity contribution >= 4 is 6.03 Å². The van der Waals surface area contributed by atoms with Gasteiger partial charge in [0.15, 0.2) is 0 Å². The number of piperidine rings is 1. The number of carbonyl (C=O) groups excluding carboxylic acids is 1. The largest absolute Gasteiger partial charge is 0.338 e. The fourth-order valence-corrected chi connectivity index (χ4v) is 2.52. The summed E-state index contributed by atoms with van der Waals surface area (Å²) < 4.78 is 0. The molecular weight excluding hydrogens is 190 g/mol. The predicted molar refractivity (Wildman–Crippen MR) is 59.8 cm³/mol. The van der Waals surface area contributed by atoms with Gasteiger partial charge in [-0.25, -0.2) is 4.79 Å². The van der Waals surface area contributed by atoms with Crippen LogP contribution in [0, 0.1) is 5.92 Å². The van der Waals surface area contributed by atoms with Gasteiger partial charge < -0.3 is 15.5 Å². The molecule has 3 heterocycles. The zero-order chi connectivity index (χ0) is 10.7. The molecule has 2 bridgehead atoms. The average Bonchev–Trinajstić information content (AvgIpc) is 2.60. The number of hydrogen-bond acceptors (Lipinski definition) is 2. The first kappa shape index (κ1) is 10.7. The van der Waals surface area contributed by atoms with E-state index in [1.165, 1.54) is 6.42 Å². The maximum Gasteiger partial charge on any atom is 0.317 e. The number of rotatable bonds is 2. The Morgan fingerprint density at radius 1 is 1.47 bits per heavy atom. The van der Waals surface area contributed by atoms with Crippen LogP contribution in [0.25, 0.3) is 0 Å². The van der Waals surface area contributed by atoms with Gasteiger partial charge in [0.25, 0.3) is 0 Å². The first-order chi connectivity index (χ1) is 7.31. The number of carbonyl (C=O) groups is 1. The topological polar surface area (TPSA) is 44.4 Å². The molecule has 0 saturated carbocycles. The Morgan fingerprint density at radius 2 is 2.33 bits per heavy atom. The molecule has 2 amide bonds. The van der Waals surface area contributed by atoms with Crippen LogP contribution in [0.4, 0.5) is 4.79 Å². The summed E-state index contributed by atoms with van der Waals surface area (Å²) in [4.78, 5) is 13.9.